The molecule has 0 unspecified atom stereocenters. The lowest BCUT2D eigenvalue weighted by molar-refractivity contribution is 0.556. The van der Waals surface area contributed by atoms with Crippen molar-refractivity contribution in [2.45, 2.75) is 32.2 Å². The van der Waals surface area contributed by atoms with Gasteiger partial charge >= 0.3 is 0 Å². The number of piperidine rings is 1. The smallest absolute Gasteiger partial charge is 0.268 e. The molecule has 5 heteroatoms. The predicted molar refractivity (Wildman–Crippen MR) is 73.0 cm³/mol. The van der Waals surface area contributed by atoms with Crippen LogP contribution in [0.3, 0.4) is 0 Å². The van der Waals surface area contributed by atoms with Crippen molar-refractivity contribution in [3.05, 3.63) is 22.6 Å². The summed E-state index contributed by atoms with van der Waals surface area (Å²) in [4.78, 5) is 14.1. The zero-order valence-electron chi connectivity index (χ0n) is 9.94. The largest absolute Gasteiger partial charge is 0.370 e. The van der Waals surface area contributed by atoms with Gasteiger partial charge in [0.25, 0.3) is 5.56 Å². The molecule has 1 aliphatic heterocycles. The lowest BCUT2D eigenvalue weighted by Crippen LogP contribution is -2.32. The number of aromatic nitrogens is 2. The molecule has 0 aromatic carbocycles. The Bertz CT molecular complexity index is 412. The van der Waals surface area contributed by atoms with E-state index in [1.807, 2.05) is 6.20 Å². The fourth-order valence-electron chi connectivity index (χ4n) is 2.13. The quantitative estimate of drug-likeness (QED) is 0.799. The minimum absolute atomic E-state index is 0.00836. The Morgan fingerprint density at radius 2 is 2.06 bits per heavy atom. The normalized spacial score (nSPS) is 16.2. The summed E-state index contributed by atoms with van der Waals surface area (Å²) in [5.74, 6) is 0. The van der Waals surface area contributed by atoms with E-state index in [1.165, 1.54) is 23.9 Å². The van der Waals surface area contributed by atoms with E-state index in [9.17, 15) is 4.79 Å². The second-order valence-electron chi connectivity index (χ2n) is 4.37. The van der Waals surface area contributed by atoms with Crippen molar-refractivity contribution < 1.29 is 0 Å². The summed E-state index contributed by atoms with van der Waals surface area (Å²) in [6.45, 7) is 2.78. The summed E-state index contributed by atoms with van der Waals surface area (Å²) in [6.07, 6.45) is 6.47. The van der Waals surface area contributed by atoms with Crippen molar-refractivity contribution in [3.8, 4) is 0 Å². The Labute approximate surface area is 110 Å². The predicted octanol–water partition coefficient (Wildman–Crippen LogP) is 2.02. The highest BCUT2D eigenvalue weighted by Gasteiger charge is 2.12. The fraction of sp³-hybridized carbons (Fsp3) is 0.667. The van der Waals surface area contributed by atoms with Gasteiger partial charge in [-0.3, -0.25) is 4.79 Å². The van der Waals surface area contributed by atoms with Gasteiger partial charge in [-0.25, -0.2) is 4.68 Å². The van der Waals surface area contributed by atoms with Gasteiger partial charge in [-0.1, -0.05) is 15.9 Å². The molecule has 1 saturated heterocycles. The first kappa shape index (κ1) is 12.6. The van der Waals surface area contributed by atoms with Crippen molar-refractivity contribution in [3.63, 3.8) is 0 Å². The van der Waals surface area contributed by atoms with Gasteiger partial charge in [-0.2, -0.15) is 5.10 Å². The molecule has 0 amide bonds. The third-order valence-corrected chi connectivity index (χ3v) is 3.64. The summed E-state index contributed by atoms with van der Waals surface area (Å²) in [5, 5.41) is 5.13. The Balaban J connectivity index is 2.09. The minimum Gasteiger partial charge on any atom is -0.370 e. The summed E-state index contributed by atoms with van der Waals surface area (Å²) in [6, 6.07) is 1.71. The highest BCUT2D eigenvalue weighted by molar-refractivity contribution is 9.09. The molecule has 0 aliphatic carbocycles. The molecule has 17 heavy (non-hydrogen) atoms. The van der Waals surface area contributed by atoms with Crippen LogP contribution >= 0.6 is 15.9 Å². The number of anilines is 1. The summed E-state index contributed by atoms with van der Waals surface area (Å²) < 4.78 is 1.54. The first-order valence-corrected chi connectivity index (χ1v) is 7.31. The van der Waals surface area contributed by atoms with Crippen LogP contribution < -0.4 is 10.5 Å². The molecule has 1 fully saturated rings. The van der Waals surface area contributed by atoms with Gasteiger partial charge in [0.2, 0.25) is 0 Å². The van der Waals surface area contributed by atoms with Crippen molar-refractivity contribution >= 4 is 21.6 Å². The molecule has 0 bridgehead atoms. The average Bonchev–Trinajstić information content (AvgIpc) is 2.38. The number of rotatable bonds is 4. The number of hydrogen-bond acceptors (Lipinski definition) is 3. The van der Waals surface area contributed by atoms with E-state index in [2.05, 4.69) is 25.9 Å². The number of halogens is 1. The molecule has 94 valence electrons. The average molecular weight is 300 g/mol. The monoisotopic (exact) mass is 299 g/mol. The first-order valence-electron chi connectivity index (χ1n) is 6.19. The Kier molecular flexibility index (Phi) is 4.59. The summed E-state index contributed by atoms with van der Waals surface area (Å²) in [7, 11) is 0. The topological polar surface area (TPSA) is 38.1 Å². The van der Waals surface area contributed by atoms with Crippen molar-refractivity contribution in [2.24, 2.45) is 0 Å². The second kappa shape index (κ2) is 6.19. The van der Waals surface area contributed by atoms with Crippen LogP contribution in [0.2, 0.25) is 0 Å². The third kappa shape index (κ3) is 3.31. The maximum atomic E-state index is 11.8. The Morgan fingerprint density at radius 3 is 2.71 bits per heavy atom. The number of nitrogens with zero attached hydrogens (tertiary/aromatic N) is 3. The van der Waals surface area contributed by atoms with E-state index in [4.69, 9.17) is 0 Å². The first-order chi connectivity index (χ1) is 8.31. The standard InChI is InChI=1S/C12H18BrN3O/c13-5-4-8-16-12(17)9-11(10-14-16)15-6-2-1-3-7-15/h9-10H,1-8H2. The Morgan fingerprint density at radius 1 is 1.29 bits per heavy atom. The summed E-state index contributed by atoms with van der Waals surface area (Å²) >= 11 is 3.36. The SMILES string of the molecule is O=c1cc(N2CCCCC2)cnn1CCCBr. The van der Waals surface area contributed by atoms with Crippen LogP contribution in [-0.4, -0.2) is 28.2 Å². The molecule has 0 radical (unpaired) electrons. The third-order valence-electron chi connectivity index (χ3n) is 3.08. The van der Waals surface area contributed by atoms with E-state index >= 15 is 0 Å². The van der Waals surface area contributed by atoms with Crippen molar-refractivity contribution in [1.29, 1.82) is 0 Å². The summed E-state index contributed by atoms with van der Waals surface area (Å²) in [5.41, 5.74) is 0.985. The van der Waals surface area contributed by atoms with Gasteiger partial charge < -0.3 is 4.90 Å². The van der Waals surface area contributed by atoms with Crippen LogP contribution in [0.1, 0.15) is 25.7 Å². The van der Waals surface area contributed by atoms with E-state index in [0.717, 1.165) is 30.5 Å². The lowest BCUT2D eigenvalue weighted by Gasteiger charge is -2.28. The molecular weight excluding hydrogens is 282 g/mol. The van der Waals surface area contributed by atoms with Gasteiger partial charge in [-0.05, 0) is 25.7 Å². The van der Waals surface area contributed by atoms with Gasteiger partial charge in [0.1, 0.15) is 0 Å². The van der Waals surface area contributed by atoms with Gasteiger partial charge in [-0.15, -0.1) is 0 Å². The highest BCUT2D eigenvalue weighted by atomic mass is 79.9. The lowest BCUT2D eigenvalue weighted by atomic mass is 10.1. The highest BCUT2D eigenvalue weighted by Crippen LogP contribution is 2.16. The number of alkyl halides is 1. The van der Waals surface area contributed by atoms with Gasteiger partial charge in [0.15, 0.2) is 0 Å². The molecule has 2 heterocycles. The second-order valence-corrected chi connectivity index (χ2v) is 5.16. The van der Waals surface area contributed by atoms with Crippen molar-refractivity contribution in [1.82, 2.24) is 9.78 Å². The van der Waals surface area contributed by atoms with Crippen LogP contribution in [0.4, 0.5) is 5.69 Å². The maximum Gasteiger partial charge on any atom is 0.268 e. The Hall–Kier alpha value is -0.840. The fourth-order valence-corrected chi connectivity index (χ4v) is 2.38. The van der Waals surface area contributed by atoms with E-state index in [-0.39, 0.29) is 5.56 Å². The van der Waals surface area contributed by atoms with Gasteiger partial charge in [0.05, 0.1) is 11.9 Å². The molecule has 0 saturated carbocycles. The van der Waals surface area contributed by atoms with Crippen LogP contribution in [-0.2, 0) is 6.54 Å². The van der Waals surface area contributed by atoms with E-state index < -0.39 is 0 Å². The molecule has 1 aromatic rings. The van der Waals surface area contributed by atoms with Crippen LogP contribution in [0.15, 0.2) is 17.1 Å². The molecule has 0 atom stereocenters. The minimum atomic E-state index is 0.00836. The molecule has 2 rings (SSSR count). The zero-order valence-corrected chi connectivity index (χ0v) is 11.5. The number of hydrogen-bond donors (Lipinski definition) is 0. The van der Waals surface area contributed by atoms with Crippen LogP contribution in [0.5, 0.6) is 0 Å². The van der Waals surface area contributed by atoms with Crippen molar-refractivity contribution in [2.75, 3.05) is 23.3 Å². The molecule has 4 nitrogen and oxygen atoms in total. The molecule has 1 aromatic heterocycles. The zero-order chi connectivity index (χ0) is 12.1. The maximum absolute atomic E-state index is 11.8. The van der Waals surface area contributed by atoms with E-state index in [0.29, 0.717) is 6.54 Å². The molecule has 0 spiro atoms. The van der Waals surface area contributed by atoms with Crippen LogP contribution in [0, 0.1) is 0 Å². The van der Waals surface area contributed by atoms with E-state index in [1.54, 1.807) is 6.07 Å². The molecule has 0 N–H and O–H groups in total. The number of aryl methyl sites for hydroxylation is 1. The van der Waals surface area contributed by atoms with Gasteiger partial charge in [0, 0.05) is 31.0 Å². The molecule has 1 aliphatic rings. The molecular formula is C12H18BrN3O. The van der Waals surface area contributed by atoms with Crippen LogP contribution in [0.25, 0.3) is 0 Å².